The van der Waals surface area contributed by atoms with Gasteiger partial charge in [-0.2, -0.15) is 0 Å². The maximum Gasteiger partial charge on any atom is 0.360 e. The van der Waals surface area contributed by atoms with Crippen LogP contribution in [0, 0.1) is 0 Å². The van der Waals surface area contributed by atoms with Crippen molar-refractivity contribution in [1.29, 1.82) is 0 Å². The smallest absolute Gasteiger partial charge is 0.360 e. The molecule has 0 amide bonds. The molecular formula is C24H18ClNO4. The number of esters is 1. The molecule has 0 aliphatic heterocycles. The van der Waals surface area contributed by atoms with Crippen molar-refractivity contribution in [1.82, 2.24) is 4.98 Å². The lowest BCUT2D eigenvalue weighted by Gasteiger charge is -2.16. The van der Waals surface area contributed by atoms with Gasteiger partial charge < -0.3 is 14.2 Å². The lowest BCUT2D eigenvalue weighted by molar-refractivity contribution is 0.0589. The number of pyridine rings is 1. The lowest BCUT2D eigenvalue weighted by atomic mass is 10.1. The van der Waals surface area contributed by atoms with Gasteiger partial charge >= 0.3 is 5.97 Å². The molecule has 0 saturated heterocycles. The average Bonchev–Trinajstić information content (AvgIpc) is 2.80. The molecule has 30 heavy (non-hydrogen) atoms. The summed E-state index contributed by atoms with van der Waals surface area (Å²) in [5.41, 5.74) is 1.05. The molecule has 0 saturated carbocycles. The molecule has 0 fully saturated rings. The molecule has 4 rings (SSSR count). The first-order valence-corrected chi connectivity index (χ1v) is 9.64. The Balaban J connectivity index is 1.82. The molecule has 0 radical (unpaired) electrons. The van der Waals surface area contributed by atoms with Gasteiger partial charge in [-0.3, -0.25) is 0 Å². The Morgan fingerprint density at radius 2 is 1.60 bits per heavy atom. The van der Waals surface area contributed by atoms with E-state index in [-0.39, 0.29) is 12.3 Å². The van der Waals surface area contributed by atoms with E-state index >= 15 is 0 Å². The highest BCUT2D eigenvalue weighted by Gasteiger charge is 2.21. The van der Waals surface area contributed by atoms with Crippen molar-refractivity contribution in [2.24, 2.45) is 0 Å². The zero-order valence-corrected chi connectivity index (χ0v) is 16.9. The summed E-state index contributed by atoms with van der Waals surface area (Å²) in [6.07, 6.45) is 1.54. The van der Waals surface area contributed by atoms with E-state index in [1.807, 2.05) is 60.7 Å². The fraction of sp³-hybridized carbons (Fsp3) is 0.0833. The van der Waals surface area contributed by atoms with E-state index in [1.165, 1.54) is 7.11 Å². The highest BCUT2D eigenvalue weighted by Crippen LogP contribution is 2.40. The second kappa shape index (κ2) is 8.84. The van der Waals surface area contributed by atoms with E-state index in [9.17, 15) is 4.79 Å². The number of aromatic nitrogens is 1. The van der Waals surface area contributed by atoms with Crippen LogP contribution in [-0.2, 0) is 11.3 Å². The van der Waals surface area contributed by atoms with Crippen LogP contribution in [0.1, 0.15) is 16.1 Å². The van der Waals surface area contributed by atoms with Gasteiger partial charge in [0.1, 0.15) is 12.4 Å². The van der Waals surface area contributed by atoms with Gasteiger partial charge in [0, 0.05) is 17.0 Å². The number of hydrogen-bond donors (Lipinski definition) is 0. The Bertz CT molecular complexity index is 1180. The number of halogens is 1. The molecule has 0 aliphatic rings. The van der Waals surface area contributed by atoms with Gasteiger partial charge in [-0.15, -0.1) is 0 Å². The zero-order valence-electron chi connectivity index (χ0n) is 16.2. The van der Waals surface area contributed by atoms with Crippen LogP contribution in [0.25, 0.3) is 10.8 Å². The summed E-state index contributed by atoms with van der Waals surface area (Å²) in [4.78, 5) is 16.6. The third-order valence-electron chi connectivity index (χ3n) is 4.50. The van der Waals surface area contributed by atoms with Gasteiger partial charge in [0.25, 0.3) is 0 Å². The van der Waals surface area contributed by atoms with Crippen LogP contribution < -0.4 is 9.47 Å². The SMILES string of the molecule is COC(=O)c1ncc2c(Oc3ccccc3)c(Cl)ccc2c1OCc1ccccc1. The highest BCUT2D eigenvalue weighted by atomic mass is 35.5. The Morgan fingerprint density at radius 3 is 2.30 bits per heavy atom. The molecule has 0 aliphatic carbocycles. The average molecular weight is 420 g/mol. The van der Waals surface area contributed by atoms with Crippen LogP contribution >= 0.6 is 11.6 Å². The van der Waals surface area contributed by atoms with E-state index in [1.54, 1.807) is 18.3 Å². The van der Waals surface area contributed by atoms with Crippen molar-refractivity contribution >= 4 is 28.3 Å². The summed E-state index contributed by atoms with van der Waals surface area (Å²) in [6, 6.07) is 22.5. The predicted molar refractivity (Wildman–Crippen MR) is 115 cm³/mol. The van der Waals surface area contributed by atoms with Crippen LogP contribution in [0.4, 0.5) is 0 Å². The summed E-state index contributed by atoms with van der Waals surface area (Å²) in [5, 5.41) is 1.70. The fourth-order valence-electron chi connectivity index (χ4n) is 3.04. The van der Waals surface area contributed by atoms with Crippen molar-refractivity contribution in [3.8, 4) is 17.2 Å². The normalized spacial score (nSPS) is 10.6. The molecule has 150 valence electrons. The molecule has 0 atom stereocenters. The summed E-state index contributed by atoms with van der Waals surface area (Å²) < 4.78 is 17.0. The molecule has 1 aromatic heterocycles. The lowest BCUT2D eigenvalue weighted by Crippen LogP contribution is -2.09. The van der Waals surface area contributed by atoms with E-state index in [2.05, 4.69) is 4.98 Å². The number of para-hydroxylation sites is 1. The van der Waals surface area contributed by atoms with Gasteiger partial charge in [0.2, 0.25) is 0 Å². The predicted octanol–water partition coefficient (Wildman–Crippen LogP) is 6.05. The molecule has 0 unspecified atom stereocenters. The van der Waals surface area contributed by atoms with Crippen LogP contribution in [0.15, 0.2) is 79.0 Å². The van der Waals surface area contributed by atoms with Crippen molar-refractivity contribution in [2.45, 2.75) is 6.61 Å². The standard InChI is InChI=1S/C24H18ClNO4/c1-28-24(27)21-23(29-15-16-8-4-2-5-9-16)18-12-13-20(25)22(19(18)14-26-21)30-17-10-6-3-7-11-17/h2-14H,15H2,1H3. The third-order valence-corrected chi connectivity index (χ3v) is 4.80. The number of fused-ring (bicyclic) bond motifs is 1. The highest BCUT2D eigenvalue weighted by molar-refractivity contribution is 6.33. The van der Waals surface area contributed by atoms with Crippen LogP contribution in [-0.4, -0.2) is 18.1 Å². The van der Waals surface area contributed by atoms with Crippen LogP contribution in [0.3, 0.4) is 0 Å². The minimum absolute atomic E-state index is 0.0916. The van der Waals surface area contributed by atoms with E-state index < -0.39 is 5.97 Å². The maximum absolute atomic E-state index is 12.3. The van der Waals surface area contributed by atoms with E-state index in [0.29, 0.717) is 33.0 Å². The van der Waals surface area contributed by atoms with Crippen molar-refractivity contribution in [2.75, 3.05) is 7.11 Å². The van der Waals surface area contributed by atoms with Crippen molar-refractivity contribution in [3.05, 3.63) is 95.3 Å². The molecule has 0 spiro atoms. The molecule has 0 bridgehead atoms. The van der Waals surface area contributed by atoms with Crippen LogP contribution in [0.2, 0.25) is 5.02 Å². The van der Waals surface area contributed by atoms with Gasteiger partial charge in [0.05, 0.1) is 12.1 Å². The molecular weight excluding hydrogens is 402 g/mol. The maximum atomic E-state index is 12.3. The second-order valence-corrected chi connectivity index (χ2v) is 6.86. The van der Waals surface area contributed by atoms with Gasteiger partial charge in [-0.1, -0.05) is 60.1 Å². The summed E-state index contributed by atoms with van der Waals surface area (Å²) in [5.74, 6) is 0.808. The monoisotopic (exact) mass is 419 g/mol. The quantitative estimate of drug-likeness (QED) is 0.356. The molecule has 6 heteroatoms. The number of methoxy groups -OCH3 is 1. The molecule has 1 heterocycles. The van der Waals surface area contributed by atoms with E-state index in [4.69, 9.17) is 25.8 Å². The Morgan fingerprint density at radius 1 is 0.900 bits per heavy atom. The Kier molecular flexibility index (Phi) is 5.82. The number of ether oxygens (including phenoxy) is 3. The second-order valence-electron chi connectivity index (χ2n) is 6.45. The van der Waals surface area contributed by atoms with Crippen molar-refractivity contribution < 1.29 is 19.0 Å². The number of benzene rings is 3. The summed E-state index contributed by atoms with van der Waals surface area (Å²) in [7, 11) is 1.31. The fourth-order valence-corrected chi connectivity index (χ4v) is 3.25. The first-order chi connectivity index (χ1) is 14.7. The topological polar surface area (TPSA) is 57.7 Å². The first-order valence-electron chi connectivity index (χ1n) is 9.26. The summed E-state index contributed by atoms with van der Waals surface area (Å²) in [6.45, 7) is 0.267. The number of hydrogen-bond acceptors (Lipinski definition) is 5. The Hall–Kier alpha value is -3.57. The summed E-state index contributed by atoms with van der Waals surface area (Å²) >= 11 is 6.42. The number of carbonyl (C=O) groups is 1. The van der Waals surface area contributed by atoms with E-state index in [0.717, 1.165) is 5.56 Å². The van der Waals surface area contributed by atoms with Crippen molar-refractivity contribution in [3.63, 3.8) is 0 Å². The molecule has 5 nitrogen and oxygen atoms in total. The van der Waals surface area contributed by atoms with Crippen LogP contribution in [0.5, 0.6) is 17.2 Å². The first kappa shape index (κ1) is 19.7. The van der Waals surface area contributed by atoms with Gasteiger partial charge in [-0.25, -0.2) is 9.78 Å². The molecule has 4 aromatic rings. The minimum Gasteiger partial charge on any atom is -0.486 e. The Labute approximate surface area is 178 Å². The zero-order chi connectivity index (χ0) is 20.9. The van der Waals surface area contributed by atoms with Gasteiger partial charge in [0.15, 0.2) is 17.2 Å². The van der Waals surface area contributed by atoms with Gasteiger partial charge in [-0.05, 0) is 29.8 Å². The number of rotatable bonds is 6. The minimum atomic E-state index is -0.583. The third kappa shape index (κ3) is 4.07. The largest absolute Gasteiger partial charge is 0.486 e. The molecule has 0 N–H and O–H groups in total. The number of carbonyl (C=O) groups excluding carboxylic acids is 1. The molecule has 3 aromatic carbocycles. The number of nitrogens with zero attached hydrogens (tertiary/aromatic N) is 1.